The molecule has 156 valence electrons. The molecule has 0 spiro atoms. The number of nitrogens with zero attached hydrogens (tertiary/aromatic N) is 1. The van der Waals surface area contributed by atoms with Gasteiger partial charge in [-0.25, -0.2) is 12.8 Å². The van der Waals surface area contributed by atoms with Crippen LogP contribution in [0.25, 0.3) is 0 Å². The van der Waals surface area contributed by atoms with Crippen LogP contribution in [-0.4, -0.2) is 41.2 Å². The van der Waals surface area contributed by atoms with Gasteiger partial charge in [0, 0.05) is 11.5 Å². The Labute approximate surface area is 170 Å². The van der Waals surface area contributed by atoms with Gasteiger partial charge in [0.2, 0.25) is 10.0 Å². The first kappa shape index (κ1) is 20.5. The molecule has 2 aromatic rings. The second kappa shape index (κ2) is 7.47. The lowest BCUT2D eigenvalue weighted by atomic mass is 9.74. The zero-order valence-corrected chi connectivity index (χ0v) is 17.1. The quantitative estimate of drug-likeness (QED) is 0.801. The Bertz CT molecular complexity index is 966. The number of halogens is 1. The van der Waals surface area contributed by atoms with E-state index in [-0.39, 0.29) is 4.90 Å². The summed E-state index contributed by atoms with van der Waals surface area (Å²) >= 11 is 0. The smallest absolute Gasteiger partial charge is 0.243 e. The van der Waals surface area contributed by atoms with Crippen molar-refractivity contribution in [3.05, 3.63) is 66.0 Å². The van der Waals surface area contributed by atoms with Gasteiger partial charge in [-0.1, -0.05) is 37.3 Å². The monoisotopic (exact) mass is 419 g/mol. The zero-order chi connectivity index (χ0) is 20.8. The molecule has 2 fully saturated rings. The third-order valence-electron chi connectivity index (χ3n) is 6.60. The molecule has 1 heterocycles. The summed E-state index contributed by atoms with van der Waals surface area (Å²) in [7, 11) is -3.94. The van der Waals surface area contributed by atoms with E-state index in [1.165, 1.54) is 16.4 Å². The predicted molar refractivity (Wildman–Crippen MR) is 107 cm³/mol. The number of sulfonamides is 1. The molecule has 5 nitrogen and oxygen atoms in total. The second-order valence-corrected chi connectivity index (χ2v) is 10.2. The fourth-order valence-electron chi connectivity index (χ4n) is 5.05. The molecule has 2 aromatic carbocycles. The van der Waals surface area contributed by atoms with Crippen LogP contribution in [0.4, 0.5) is 4.39 Å². The van der Waals surface area contributed by atoms with Gasteiger partial charge in [0.1, 0.15) is 5.82 Å². The third kappa shape index (κ3) is 3.40. The first-order valence-electron chi connectivity index (χ1n) is 9.95. The van der Waals surface area contributed by atoms with Gasteiger partial charge < -0.3 is 10.2 Å². The highest BCUT2D eigenvalue weighted by atomic mass is 32.2. The van der Waals surface area contributed by atoms with Crippen molar-refractivity contribution in [2.75, 3.05) is 0 Å². The van der Waals surface area contributed by atoms with Crippen molar-refractivity contribution >= 4 is 10.0 Å². The third-order valence-corrected chi connectivity index (χ3v) is 8.53. The van der Waals surface area contributed by atoms with Crippen molar-refractivity contribution in [2.24, 2.45) is 5.41 Å². The molecule has 0 unspecified atom stereocenters. The summed E-state index contributed by atoms with van der Waals surface area (Å²) < 4.78 is 42.3. The Kier molecular flexibility index (Phi) is 5.27. The van der Waals surface area contributed by atoms with Gasteiger partial charge >= 0.3 is 0 Å². The fraction of sp³-hybridized carbons (Fsp3) is 0.455. The van der Waals surface area contributed by atoms with Crippen LogP contribution in [0.5, 0.6) is 0 Å². The molecule has 0 bridgehead atoms. The van der Waals surface area contributed by atoms with Gasteiger partial charge in [-0.2, -0.15) is 4.31 Å². The number of hydrogen-bond acceptors (Lipinski definition) is 4. The summed E-state index contributed by atoms with van der Waals surface area (Å²) in [4.78, 5) is 0.0309. The van der Waals surface area contributed by atoms with E-state index in [0.29, 0.717) is 25.7 Å². The van der Waals surface area contributed by atoms with Crippen molar-refractivity contribution in [3.63, 3.8) is 0 Å². The average Bonchev–Trinajstić information content (AvgIpc) is 2.97. The van der Waals surface area contributed by atoms with E-state index < -0.39 is 45.5 Å². The summed E-state index contributed by atoms with van der Waals surface area (Å²) in [5, 5.41) is 21.3. The van der Waals surface area contributed by atoms with Crippen LogP contribution >= 0.6 is 0 Å². The van der Waals surface area contributed by atoms with Crippen molar-refractivity contribution in [3.8, 4) is 0 Å². The molecule has 2 aliphatic rings. The molecule has 1 saturated heterocycles. The SMILES string of the molecule is C[C@@]12C[C@H](c3ccccc3)N(S(=O)(=O)c3ccc(F)cc3)[C@@H]1CCC[C@H](O)[C@@H]2O. The minimum Gasteiger partial charge on any atom is -0.390 e. The lowest BCUT2D eigenvalue weighted by Gasteiger charge is -2.37. The Morgan fingerprint density at radius 3 is 2.34 bits per heavy atom. The molecule has 1 aliphatic heterocycles. The topological polar surface area (TPSA) is 77.8 Å². The normalized spacial score (nSPS) is 33.2. The van der Waals surface area contributed by atoms with Crippen LogP contribution < -0.4 is 0 Å². The van der Waals surface area contributed by atoms with E-state index in [9.17, 15) is 23.0 Å². The van der Waals surface area contributed by atoms with Crippen molar-refractivity contribution < 1.29 is 23.0 Å². The molecule has 1 aliphatic carbocycles. The molecule has 0 aromatic heterocycles. The molecule has 7 heteroatoms. The van der Waals surface area contributed by atoms with Crippen LogP contribution in [-0.2, 0) is 10.0 Å². The van der Waals surface area contributed by atoms with Crippen LogP contribution in [0, 0.1) is 11.2 Å². The highest BCUT2D eigenvalue weighted by molar-refractivity contribution is 7.89. The number of benzene rings is 2. The van der Waals surface area contributed by atoms with Gasteiger partial charge in [0.05, 0.1) is 23.1 Å². The van der Waals surface area contributed by atoms with Crippen molar-refractivity contribution in [1.29, 1.82) is 0 Å². The maximum atomic E-state index is 13.7. The van der Waals surface area contributed by atoms with Crippen LogP contribution in [0.2, 0.25) is 0 Å². The van der Waals surface area contributed by atoms with Crippen molar-refractivity contribution in [2.45, 2.75) is 61.8 Å². The highest BCUT2D eigenvalue weighted by Gasteiger charge is 2.59. The summed E-state index contributed by atoms with van der Waals surface area (Å²) in [6.45, 7) is 1.87. The Morgan fingerprint density at radius 2 is 1.69 bits per heavy atom. The van der Waals surface area contributed by atoms with Gasteiger partial charge in [-0.3, -0.25) is 0 Å². The molecular weight excluding hydrogens is 393 g/mol. The maximum absolute atomic E-state index is 13.7. The summed E-state index contributed by atoms with van der Waals surface area (Å²) in [5.41, 5.74) is 0.0537. The number of fused-ring (bicyclic) bond motifs is 1. The predicted octanol–water partition coefficient (Wildman–Crippen LogP) is 3.24. The number of aliphatic hydroxyl groups is 2. The molecule has 0 amide bonds. The van der Waals surface area contributed by atoms with Gasteiger partial charge in [-0.05, 0) is 55.5 Å². The van der Waals surface area contributed by atoms with E-state index in [0.717, 1.165) is 17.7 Å². The van der Waals surface area contributed by atoms with Crippen LogP contribution in [0.3, 0.4) is 0 Å². The van der Waals surface area contributed by atoms with Gasteiger partial charge in [0.25, 0.3) is 0 Å². The summed E-state index contributed by atoms with van der Waals surface area (Å²) in [6, 6.07) is 13.3. The lowest BCUT2D eigenvalue weighted by Crippen LogP contribution is -2.48. The highest BCUT2D eigenvalue weighted by Crippen LogP contribution is 2.55. The lowest BCUT2D eigenvalue weighted by molar-refractivity contribution is -0.0594. The first-order valence-corrected chi connectivity index (χ1v) is 11.4. The van der Waals surface area contributed by atoms with Crippen LogP contribution in [0.15, 0.2) is 59.5 Å². The largest absolute Gasteiger partial charge is 0.390 e. The molecule has 1 saturated carbocycles. The van der Waals surface area contributed by atoms with Crippen LogP contribution in [0.1, 0.15) is 44.2 Å². The molecule has 0 radical (unpaired) electrons. The first-order chi connectivity index (χ1) is 13.7. The number of hydrogen-bond donors (Lipinski definition) is 2. The summed E-state index contributed by atoms with van der Waals surface area (Å²) in [6.07, 6.45) is 0.113. The number of aliphatic hydroxyl groups excluding tert-OH is 2. The van der Waals surface area contributed by atoms with E-state index in [1.54, 1.807) is 0 Å². The molecular formula is C22H26FNO4S. The minimum absolute atomic E-state index is 0.0309. The van der Waals surface area contributed by atoms with Crippen molar-refractivity contribution in [1.82, 2.24) is 4.31 Å². The van der Waals surface area contributed by atoms with E-state index >= 15 is 0 Å². The Hall–Kier alpha value is -1.80. The Morgan fingerprint density at radius 1 is 1.03 bits per heavy atom. The molecule has 4 rings (SSSR count). The average molecular weight is 420 g/mol. The molecule has 29 heavy (non-hydrogen) atoms. The molecule has 2 N–H and O–H groups in total. The number of rotatable bonds is 3. The van der Waals surface area contributed by atoms with Gasteiger partial charge in [0.15, 0.2) is 0 Å². The maximum Gasteiger partial charge on any atom is 0.243 e. The van der Waals surface area contributed by atoms with E-state index in [1.807, 2.05) is 37.3 Å². The molecule has 5 atom stereocenters. The van der Waals surface area contributed by atoms with E-state index in [4.69, 9.17) is 0 Å². The summed E-state index contributed by atoms with van der Waals surface area (Å²) in [5.74, 6) is -0.497. The standard InChI is InChI=1S/C22H26FNO4S/c1-22-14-18(15-6-3-2-4-7-15)24(20(22)9-5-8-19(25)21(22)26)29(27,28)17-12-10-16(23)11-13-17/h2-4,6-7,10-13,18-21,25-26H,5,8-9,14H2,1H3/t18-,19+,20-,21+,22-/m1/s1. The second-order valence-electron chi connectivity index (χ2n) is 8.38. The van der Waals surface area contributed by atoms with E-state index in [2.05, 4.69) is 0 Å². The zero-order valence-electron chi connectivity index (χ0n) is 16.3. The fourth-order valence-corrected chi connectivity index (χ4v) is 6.98. The minimum atomic E-state index is -3.94. The Balaban J connectivity index is 1.86. The van der Waals surface area contributed by atoms with Gasteiger partial charge in [-0.15, -0.1) is 0 Å².